The third kappa shape index (κ3) is 3.35. The largest absolute Gasteiger partial charge is 0.497 e. The minimum atomic E-state index is -0.435. The Balaban J connectivity index is 1.34. The highest BCUT2D eigenvalue weighted by molar-refractivity contribution is 5.63. The van der Waals surface area contributed by atoms with Gasteiger partial charge in [-0.1, -0.05) is 22.5 Å². The van der Waals surface area contributed by atoms with E-state index in [4.69, 9.17) is 14.0 Å². The molecule has 1 aliphatic carbocycles. The standard InChI is InChI=1S/C25H20FN7O3/c1-34-15-8-9-18-20(10-15)33-19(17(29-31-33)12-35-22-5-3-2-4-16(22)26)11-21-23(27-13-32(18)21)24-28-25(36-30-24)14-6-7-14/h2-5,8-10,13-14H,6-7,11-12H2,1H3. The van der Waals surface area contributed by atoms with Crippen LogP contribution in [0, 0.1) is 5.82 Å². The van der Waals surface area contributed by atoms with Gasteiger partial charge in [-0.3, -0.25) is 4.57 Å². The summed E-state index contributed by atoms with van der Waals surface area (Å²) in [5, 5.41) is 13.0. The van der Waals surface area contributed by atoms with Crippen LogP contribution in [-0.2, 0) is 13.0 Å². The lowest BCUT2D eigenvalue weighted by Gasteiger charge is -2.11. The Morgan fingerprint density at radius 2 is 2.00 bits per heavy atom. The van der Waals surface area contributed by atoms with Gasteiger partial charge in [0.05, 0.1) is 29.9 Å². The lowest BCUT2D eigenvalue weighted by Crippen LogP contribution is -2.06. The van der Waals surface area contributed by atoms with Crippen LogP contribution in [0.5, 0.6) is 11.5 Å². The summed E-state index contributed by atoms with van der Waals surface area (Å²) in [7, 11) is 1.61. The maximum Gasteiger partial charge on any atom is 0.230 e. The predicted molar refractivity (Wildman–Crippen MR) is 124 cm³/mol. The Morgan fingerprint density at radius 3 is 2.83 bits per heavy atom. The monoisotopic (exact) mass is 485 g/mol. The molecule has 1 aliphatic heterocycles. The third-order valence-electron chi connectivity index (χ3n) is 6.50. The molecule has 2 aliphatic rings. The van der Waals surface area contributed by atoms with Crippen molar-refractivity contribution in [1.82, 2.24) is 34.7 Å². The van der Waals surface area contributed by atoms with Gasteiger partial charge in [-0.25, -0.2) is 14.1 Å². The number of halogens is 1. The number of nitrogens with zero attached hydrogens (tertiary/aromatic N) is 7. The average Bonchev–Trinajstić information content (AvgIpc) is 3.33. The normalized spacial score (nSPS) is 14.1. The SMILES string of the molecule is COc1ccc2c(c1)-n1nnc(COc3ccccc3F)c1Cc1c(-c3noc(C4CC4)n3)ncn1-2. The lowest BCUT2D eigenvalue weighted by molar-refractivity contribution is 0.285. The van der Waals surface area contributed by atoms with Crippen molar-refractivity contribution in [1.29, 1.82) is 0 Å². The Hall–Kier alpha value is -4.54. The molecule has 0 bridgehead atoms. The summed E-state index contributed by atoms with van der Waals surface area (Å²) in [6.07, 6.45) is 4.30. The van der Waals surface area contributed by atoms with Gasteiger partial charge < -0.3 is 14.0 Å². The van der Waals surface area contributed by atoms with Crippen LogP contribution in [0.15, 0.2) is 53.3 Å². The average molecular weight is 485 g/mol. The molecule has 0 unspecified atom stereocenters. The van der Waals surface area contributed by atoms with E-state index in [1.54, 1.807) is 36.3 Å². The van der Waals surface area contributed by atoms with Crippen LogP contribution in [-0.4, -0.2) is 41.8 Å². The number of benzene rings is 2. The van der Waals surface area contributed by atoms with E-state index in [0.717, 1.165) is 35.6 Å². The molecule has 180 valence electrons. The van der Waals surface area contributed by atoms with Crippen molar-refractivity contribution in [2.24, 2.45) is 0 Å². The molecule has 0 saturated heterocycles. The summed E-state index contributed by atoms with van der Waals surface area (Å²) in [5.41, 5.74) is 4.47. The van der Waals surface area contributed by atoms with Gasteiger partial charge in [0.25, 0.3) is 0 Å². The van der Waals surface area contributed by atoms with E-state index in [1.165, 1.54) is 6.07 Å². The number of methoxy groups -OCH3 is 1. The zero-order valence-corrected chi connectivity index (χ0v) is 19.3. The molecule has 5 aromatic rings. The summed E-state index contributed by atoms with van der Waals surface area (Å²) in [4.78, 5) is 9.26. The Bertz CT molecular complexity index is 1600. The van der Waals surface area contributed by atoms with Crippen molar-refractivity contribution >= 4 is 0 Å². The van der Waals surface area contributed by atoms with Crippen molar-refractivity contribution in [3.8, 4) is 34.4 Å². The van der Waals surface area contributed by atoms with Gasteiger partial charge in [-0.05, 0) is 37.1 Å². The topological polar surface area (TPSA) is 106 Å². The summed E-state index contributed by atoms with van der Waals surface area (Å²) >= 11 is 0. The molecule has 0 N–H and O–H groups in total. The zero-order valence-electron chi connectivity index (χ0n) is 19.3. The van der Waals surface area contributed by atoms with E-state index in [9.17, 15) is 4.39 Å². The first-order valence-electron chi connectivity index (χ1n) is 11.6. The second-order valence-electron chi connectivity index (χ2n) is 8.79. The van der Waals surface area contributed by atoms with E-state index in [0.29, 0.717) is 41.2 Å². The van der Waals surface area contributed by atoms with Crippen molar-refractivity contribution < 1.29 is 18.4 Å². The first-order valence-corrected chi connectivity index (χ1v) is 11.6. The molecule has 0 amide bonds. The minimum absolute atomic E-state index is 0.0487. The molecule has 11 heteroatoms. The molecule has 10 nitrogen and oxygen atoms in total. The first-order chi connectivity index (χ1) is 17.7. The van der Waals surface area contributed by atoms with Gasteiger partial charge in [0.15, 0.2) is 11.6 Å². The van der Waals surface area contributed by atoms with Crippen molar-refractivity contribution in [3.63, 3.8) is 0 Å². The lowest BCUT2D eigenvalue weighted by atomic mass is 10.1. The fraction of sp³-hybridized carbons (Fsp3) is 0.240. The summed E-state index contributed by atoms with van der Waals surface area (Å²) in [6.45, 7) is 0.0487. The van der Waals surface area contributed by atoms with Gasteiger partial charge in [-0.2, -0.15) is 4.98 Å². The van der Waals surface area contributed by atoms with Crippen LogP contribution in [0.2, 0.25) is 0 Å². The van der Waals surface area contributed by atoms with Gasteiger partial charge >= 0.3 is 0 Å². The van der Waals surface area contributed by atoms with Crippen molar-refractivity contribution in [2.45, 2.75) is 31.8 Å². The molecule has 36 heavy (non-hydrogen) atoms. The highest BCUT2D eigenvalue weighted by atomic mass is 19.1. The molecule has 0 atom stereocenters. The smallest absolute Gasteiger partial charge is 0.230 e. The second-order valence-corrected chi connectivity index (χ2v) is 8.79. The van der Waals surface area contributed by atoms with Crippen molar-refractivity contribution in [2.75, 3.05) is 7.11 Å². The van der Waals surface area contributed by atoms with Gasteiger partial charge in [0.1, 0.15) is 30.1 Å². The third-order valence-corrected chi connectivity index (χ3v) is 6.50. The van der Waals surface area contributed by atoms with Crippen LogP contribution in [0.1, 0.15) is 41.7 Å². The van der Waals surface area contributed by atoms with Crippen molar-refractivity contribution in [3.05, 3.63) is 77.6 Å². The number of fused-ring (bicyclic) bond motifs is 5. The summed E-state index contributed by atoms with van der Waals surface area (Å²) in [5.74, 6) is 1.83. The quantitative estimate of drug-likeness (QED) is 0.348. The van der Waals surface area contributed by atoms with Crippen LogP contribution < -0.4 is 9.47 Å². The molecular weight excluding hydrogens is 465 g/mol. The zero-order chi connectivity index (χ0) is 24.2. The fourth-order valence-electron chi connectivity index (χ4n) is 4.45. The minimum Gasteiger partial charge on any atom is -0.497 e. The van der Waals surface area contributed by atoms with Crippen LogP contribution in [0.4, 0.5) is 4.39 Å². The van der Waals surface area contributed by atoms with E-state index < -0.39 is 5.82 Å². The summed E-state index contributed by atoms with van der Waals surface area (Å²) < 4.78 is 34.6. The molecular formula is C25H20FN7O3. The first kappa shape index (κ1) is 20.8. The molecule has 3 aromatic heterocycles. The Kier molecular flexibility index (Phi) is 4.63. The van der Waals surface area contributed by atoms with E-state index >= 15 is 0 Å². The molecule has 2 aromatic carbocycles. The van der Waals surface area contributed by atoms with Crippen LogP contribution >= 0.6 is 0 Å². The van der Waals surface area contributed by atoms with Crippen LogP contribution in [0.3, 0.4) is 0 Å². The number of imidazole rings is 1. The highest BCUT2D eigenvalue weighted by Gasteiger charge is 2.32. The molecule has 4 heterocycles. The Labute approximate surface area is 204 Å². The Morgan fingerprint density at radius 1 is 1.11 bits per heavy atom. The number of ether oxygens (including phenoxy) is 2. The second kappa shape index (κ2) is 8.01. The fourth-order valence-corrected chi connectivity index (χ4v) is 4.45. The van der Waals surface area contributed by atoms with Crippen LogP contribution in [0.25, 0.3) is 22.9 Å². The maximum atomic E-state index is 14.1. The molecule has 7 rings (SSSR count). The maximum absolute atomic E-state index is 14.1. The number of rotatable bonds is 6. The van der Waals surface area contributed by atoms with Gasteiger partial charge in [-0.15, -0.1) is 5.10 Å². The number of para-hydroxylation sites is 1. The number of hydrogen-bond acceptors (Lipinski definition) is 8. The number of aromatic nitrogens is 7. The molecule has 1 fully saturated rings. The molecule has 0 radical (unpaired) electrons. The highest BCUT2D eigenvalue weighted by Crippen LogP contribution is 2.40. The number of hydrogen-bond donors (Lipinski definition) is 0. The predicted octanol–water partition coefficient (Wildman–Crippen LogP) is 4.01. The van der Waals surface area contributed by atoms with E-state index in [2.05, 4.69) is 25.4 Å². The molecule has 1 saturated carbocycles. The molecule has 0 spiro atoms. The van der Waals surface area contributed by atoms with Gasteiger partial charge in [0, 0.05) is 18.4 Å². The van der Waals surface area contributed by atoms with Gasteiger partial charge in [0.2, 0.25) is 11.7 Å². The van der Waals surface area contributed by atoms with E-state index in [1.807, 2.05) is 22.8 Å². The van der Waals surface area contributed by atoms with E-state index in [-0.39, 0.29) is 12.4 Å². The summed E-state index contributed by atoms with van der Waals surface area (Å²) in [6, 6.07) is 12.0.